The van der Waals surface area contributed by atoms with Crippen LogP contribution < -0.4 is 11.1 Å². The Bertz CT molecular complexity index is 337. The van der Waals surface area contributed by atoms with Gasteiger partial charge < -0.3 is 16.3 Å². The van der Waals surface area contributed by atoms with Gasteiger partial charge in [0.2, 0.25) is 0 Å². The van der Waals surface area contributed by atoms with Crippen LogP contribution in [0.3, 0.4) is 0 Å². The van der Waals surface area contributed by atoms with E-state index < -0.39 is 0 Å². The highest BCUT2D eigenvalue weighted by atomic mass is 35.5. The maximum Gasteiger partial charge on any atom is 0.143 e. The normalized spacial score (nSPS) is 13.6. The minimum Gasteiger partial charge on any atom is -0.409 e. The first kappa shape index (κ1) is 11.7. The van der Waals surface area contributed by atoms with Crippen LogP contribution in [0.4, 0.5) is 5.69 Å². The van der Waals surface area contributed by atoms with Gasteiger partial charge in [0.25, 0.3) is 0 Å². The van der Waals surface area contributed by atoms with E-state index in [9.17, 15) is 0 Å². The predicted molar refractivity (Wildman–Crippen MR) is 62.5 cm³/mol. The molecule has 4 N–H and O–H groups in total. The molecule has 0 aromatic heterocycles. The fourth-order valence-electron chi connectivity index (χ4n) is 1.04. The summed E-state index contributed by atoms with van der Waals surface area (Å²) in [7, 11) is 0. The molecule has 4 nitrogen and oxygen atoms in total. The van der Waals surface area contributed by atoms with Crippen molar-refractivity contribution in [2.75, 3.05) is 11.9 Å². The van der Waals surface area contributed by atoms with Crippen LogP contribution in [0.5, 0.6) is 0 Å². The highest BCUT2D eigenvalue weighted by Gasteiger charge is 2.06. The standard InChI is InChI=1S/C10H14ClN3O/c1-7(10(12)14-15)6-13-9-4-2-8(11)3-5-9/h2-5,7,13,15H,6H2,1H3,(H2,12,14). The lowest BCUT2D eigenvalue weighted by Gasteiger charge is -2.11. The summed E-state index contributed by atoms with van der Waals surface area (Å²) in [6.45, 7) is 2.48. The van der Waals surface area contributed by atoms with Crippen LogP contribution in [0.15, 0.2) is 29.4 Å². The molecule has 1 aromatic rings. The number of oxime groups is 1. The lowest BCUT2D eigenvalue weighted by molar-refractivity contribution is 0.315. The molecule has 1 rings (SSSR count). The van der Waals surface area contributed by atoms with Gasteiger partial charge in [-0.15, -0.1) is 0 Å². The third kappa shape index (κ3) is 3.67. The van der Waals surface area contributed by atoms with Crippen LogP contribution in [-0.4, -0.2) is 17.6 Å². The Labute approximate surface area is 93.7 Å². The second-order valence-electron chi connectivity index (χ2n) is 3.31. The number of rotatable bonds is 4. The molecule has 0 amide bonds. The zero-order valence-electron chi connectivity index (χ0n) is 8.44. The molecule has 0 bridgehead atoms. The van der Waals surface area contributed by atoms with Crippen molar-refractivity contribution >= 4 is 23.1 Å². The number of nitrogens with zero attached hydrogens (tertiary/aromatic N) is 1. The van der Waals surface area contributed by atoms with Crippen molar-refractivity contribution in [3.8, 4) is 0 Å². The lowest BCUT2D eigenvalue weighted by atomic mass is 10.1. The van der Waals surface area contributed by atoms with E-state index in [-0.39, 0.29) is 11.8 Å². The largest absolute Gasteiger partial charge is 0.409 e. The predicted octanol–water partition coefficient (Wildman–Crippen LogP) is 2.13. The molecule has 1 atom stereocenters. The Balaban J connectivity index is 2.47. The fourth-order valence-corrected chi connectivity index (χ4v) is 1.17. The van der Waals surface area contributed by atoms with Crippen LogP contribution in [0, 0.1) is 5.92 Å². The number of hydrogen-bond donors (Lipinski definition) is 3. The van der Waals surface area contributed by atoms with E-state index in [0.29, 0.717) is 11.6 Å². The molecule has 1 aromatic carbocycles. The Morgan fingerprint density at radius 1 is 1.53 bits per heavy atom. The van der Waals surface area contributed by atoms with E-state index in [1.54, 1.807) is 12.1 Å². The zero-order valence-corrected chi connectivity index (χ0v) is 9.20. The molecule has 1 unspecified atom stereocenters. The highest BCUT2D eigenvalue weighted by molar-refractivity contribution is 6.30. The second kappa shape index (κ2) is 5.46. The Morgan fingerprint density at radius 2 is 2.13 bits per heavy atom. The first-order chi connectivity index (χ1) is 7.13. The van der Waals surface area contributed by atoms with E-state index in [2.05, 4.69) is 10.5 Å². The summed E-state index contributed by atoms with van der Waals surface area (Å²) in [6.07, 6.45) is 0. The molecule has 0 saturated carbocycles. The van der Waals surface area contributed by atoms with Gasteiger partial charge in [-0.1, -0.05) is 23.7 Å². The molecule has 0 aliphatic heterocycles. The minimum absolute atomic E-state index is 0.0225. The molecule has 5 heteroatoms. The van der Waals surface area contributed by atoms with E-state index in [4.69, 9.17) is 22.5 Å². The smallest absolute Gasteiger partial charge is 0.143 e. The van der Waals surface area contributed by atoms with Crippen molar-refractivity contribution < 1.29 is 5.21 Å². The van der Waals surface area contributed by atoms with Gasteiger partial charge in [0.05, 0.1) is 0 Å². The van der Waals surface area contributed by atoms with Gasteiger partial charge in [-0.25, -0.2) is 0 Å². The van der Waals surface area contributed by atoms with E-state index in [0.717, 1.165) is 5.69 Å². The number of anilines is 1. The third-order valence-electron chi connectivity index (χ3n) is 2.08. The Hall–Kier alpha value is -1.42. The number of halogens is 1. The Kier molecular flexibility index (Phi) is 4.24. The van der Waals surface area contributed by atoms with Crippen molar-refractivity contribution in [1.82, 2.24) is 0 Å². The number of nitrogens with one attached hydrogen (secondary N) is 1. The van der Waals surface area contributed by atoms with Crippen LogP contribution in [-0.2, 0) is 0 Å². The summed E-state index contributed by atoms with van der Waals surface area (Å²) < 4.78 is 0. The molecule has 0 spiro atoms. The van der Waals surface area contributed by atoms with Crippen LogP contribution in [0.1, 0.15) is 6.92 Å². The molecule has 15 heavy (non-hydrogen) atoms. The second-order valence-corrected chi connectivity index (χ2v) is 3.75. The molecule has 0 radical (unpaired) electrons. The molecular formula is C10H14ClN3O. The molecule has 0 aliphatic carbocycles. The van der Waals surface area contributed by atoms with E-state index in [1.807, 2.05) is 19.1 Å². The number of amidine groups is 1. The summed E-state index contributed by atoms with van der Waals surface area (Å²) in [4.78, 5) is 0. The third-order valence-corrected chi connectivity index (χ3v) is 2.33. The van der Waals surface area contributed by atoms with Crippen molar-refractivity contribution in [2.45, 2.75) is 6.92 Å². The molecular weight excluding hydrogens is 214 g/mol. The van der Waals surface area contributed by atoms with E-state index >= 15 is 0 Å². The van der Waals surface area contributed by atoms with Gasteiger partial charge >= 0.3 is 0 Å². The van der Waals surface area contributed by atoms with Gasteiger partial charge in [0, 0.05) is 23.2 Å². The van der Waals surface area contributed by atoms with Gasteiger partial charge in [-0.2, -0.15) is 0 Å². The molecule has 0 saturated heterocycles. The summed E-state index contributed by atoms with van der Waals surface area (Å²) >= 11 is 5.75. The number of benzene rings is 1. The highest BCUT2D eigenvalue weighted by Crippen LogP contribution is 2.13. The van der Waals surface area contributed by atoms with Gasteiger partial charge in [0.1, 0.15) is 5.84 Å². The average molecular weight is 228 g/mol. The van der Waals surface area contributed by atoms with Crippen LogP contribution >= 0.6 is 11.6 Å². The maximum absolute atomic E-state index is 8.46. The SMILES string of the molecule is CC(CNc1ccc(Cl)cc1)C(N)=NO. The van der Waals surface area contributed by atoms with Crippen LogP contribution in [0.25, 0.3) is 0 Å². The monoisotopic (exact) mass is 227 g/mol. The van der Waals surface area contributed by atoms with Gasteiger partial charge in [0.15, 0.2) is 0 Å². The summed E-state index contributed by atoms with van der Waals surface area (Å²) in [6, 6.07) is 7.36. The minimum atomic E-state index is -0.0225. The molecule has 0 fully saturated rings. The number of hydrogen-bond acceptors (Lipinski definition) is 3. The fraction of sp³-hybridized carbons (Fsp3) is 0.300. The first-order valence-electron chi connectivity index (χ1n) is 4.60. The number of nitrogens with two attached hydrogens (primary N) is 1. The average Bonchev–Trinajstić information content (AvgIpc) is 2.26. The lowest BCUT2D eigenvalue weighted by Crippen LogP contribution is -2.27. The van der Waals surface area contributed by atoms with Crippen molar-refractivity contribution in [3.63, 3.8) is 0 Å². The summed E-state index contributed by atoms with van der Waals surface area (Å²) in [5, 5.41) is 15.3. The first-order valence-corrected chi connectivity index (χ1v) is 4.98. The maximum atomic E-state index is 8.46. The van der Waals surface area contributed by atoms with Crippen molar-refractivity contribution in [2.24, 2.45) is 16.8 Å². The Morgan fingerprint density at radius 3 is 2.67 bits per heavy atom. The van der Waals surface area contributed by atoms with E-state index in [1.165, 1.54) is 0 Å². The van der Waals surface area contributed by atoms with Gasteiger partial charge in [-0.3, -0.25) is 0 Å². The quantitative estimate of drug-likeness (QED) is 0.319. The van der Waals surface area contributed by atoms with Crippen molar-refractivity contribution in [3.05, 3.63) is 29.3 Å². The summed E-state index contributed by atoms with van der Waals surface area (Å²) in [5.74, 6) is 0.196. The van der Waals surface area contributed by atoms with Gasteiger partial charge in [-0.05, 0) is 24.3 Å². The van der Waals surface area contributed by atoms with Crippen molar-refractivity contribution in [1.29, 1.82) is 0 Å². The molecule has 82 valence electrons. The zero-order chi connectivity index (χ0) is 11.3. The van der Waals surface area contributed by atoms with Crippen LogP contribution in [0.2, 0.25) is 5.02 Å². The molecule has 0 heterocycles. The molecule has 0 aliphatic rings. The topological polar surface area (TPSA) is 70.6 Å². The summed E-state index contributed by atoms with van der Waals surface area (Å²) in [5.41, 5.74) is 6.40.